The van der Waals surface area contributed by atoms with E-state index >= 15 is 0 Å². The lowest BCUT2D eigenvalue weighted by atomic mass is 10.2. The minimum Gasteiger partial charge on any atom is -0.497 e. The fraction of sp³-hybridized carbons (Fsp3) is 0.158. The number of oxazole rings is 1. The number of aromatic nitrogens is 1. The van der Waals surface area contributed by atoms with Crippen molar-refractivity contribution in [2.45, 2.75) is 13.2 Å². The van der Waals surface area contributed by atoms with Crippen molar-refractivity contribution in [1.29, 1.82) is 5.26 Å². The standard InChI is InChI=1S/C19H16ClN3O3/c1-24-15-7-5-13(6-8-15)11-22-19-17(10-21)23-18(26-19)12-25-16-4-2-3-14(20)9-16/h2-9,22H,11-12H2,1H3. The smallest absolute Gasteiger partial charge is 0.236 e. The highest BCUT2D eigenvalue weighted by molar-refractivity contribution is 6.30. The summed E-state index contributed by atoms with van der Waals surface area (Å²) in [7, 11) is 1.62. The molecule has 26 heavy (non-hydrogen) atoms. The van der Waals surface area contributed by atoms with Gasteiger partial charge in [0.2, 0.25) is 17.5 Å². The summed E-state index contributed by atoms with van der Waals surface area (Å²) in [5.41, 5.74) is 1.20. The van der Waals surface area contributed by atoms with E-state index < -0.39 is 0 Å². The van der Waals surface area contributed by atoms with Crippen LogP contribution in [0.2, 0.25) is 5.02 Å². The largest absolute Gasteiger partial charge is 0.497 e. The summed E-state index contributed by atoms with van der Waals surface area (Å²) < 4.78 is 16.3. The Labute approximate surface area is 155 Å². The van der Waals surface area contributed by atoms with Gasteiger partial charge < -0.3 is 19.2 Å². The van der Waals surface area contributed by atoms with Gasteiger partial charge in [0.05, 0.1) is 7.11 Å². The molecule has 0 aliphatic heterocycles. The molecule has 0 amide bonds. The molecule has 3 aromatic rings. The molecule has 0 spiro atoms. The van der Waals surface area contributed by atoms with Crippen LogP contribution < -0.4 is 14.8 Å². The first kappa shape index (κ1) is 17.6. The van der Waals surface area contributed by atoms with Crippen LogP contribution in [-0.4, -0.2) is 12.1 Å². The Bertz CT molecular complexity index is 917. The molecule has 0 aliphatic carbocycles. The Morgan fingerprint density at radius 1 is 1.19 bits per heavy atom. The van der Waals surface area contributed by atoms with Crippen LogP contribution in [0.4, 0.5) is 5.88 Å². The second-order valence-electron chi connectivity index (χ2n) is 5.34. The van der Waals surface area contributed by atoms with E-state index in [4.69, 9.17) is 25.5 Å². The number of halogens is 1. The summed E-state index contributed by atoms with van der Waals surface area (Å²) in [5, 5.41) is 12.9. The third-order valence-electron chi connectivity index (χ3n) is 3.55. The van der Waals surface area contributed by atoms with Crippen LogP contribution in [0.5, 0.6) is 11.5 Å². The number of benzene rings is 2. The van der Waals surface area contributed by atoms with E-state index in [9.17, 15) is 5.26 Å². The van der Waals surface area contributed by atoms with Crippen LogP contribution in [-0.2, 0) is 13.2 Å². The minimum absolute atomic E-state index is 0.0965. The van der Waals surface area contributed by atoms with Crippen LogP contribution in [0.15, 0.2) is 52.9 Å². The Hall–Kier alpha value is -3.17. The lowest BCUT2D eigenvalue weighted by Gasteiger charge is -2.05. The van der Waals surface area contributed by atoms with E-state index in [-0.39, 0.29) is 12.3 Å². The molecule has 2 aromatic carbocycles. The first-order valence-corrected chi connectivity index (χ1v) is 8.20. The van der Waals surface area contributed by atoms with Crippen molar-refractivity contribution in [1.82, 2.24) is 4.98 Å². The maximum absolute atomic E-state index is 9.23. The maximum Gasteiger partial charge on any atom is 0.236 e. The Morgan fingerprint density at radius 3 is 2.69 bits per heavy atom. The number of rotatable bonds is 7. The van der Waals surface area contributed by atoms with Crippen molar-refractivity contribution in [2.75, 3.05) is 12.4 Å². The molecule has 132 valence electrons. The van der Waals surface area contributed by atoms with Gasteiger partial charge in [-0.2, -0.15) is 10.2 Å². The SMILES string of the molecule is COc1ccc(CNc2oc(COc3cccc(Cl)c3)nc2C#N)cc1. The predicted octanol–water partition coefficient (Wildman–Crippen LogP) is 4.40. The average molecular weight is 370 g/mol. The van der Waals surface area contributed by atoms with Crippen LogP contribution in [0.25, 0.3) is 0 Å². The van der Waals surface area contributed by atoms with E-state index in [1.165, 1.54) is 0 Å². The molecular formula is C19H16ClN3O3. The Balaban J connectivity index is 1.63. The van der Waals surface area contributed by atoms with Crippen LogP contribution in [0.1, 0.15) is 17.1 Å². The number of nitriles is 1. The van der Waals surface area contributed by atoms with E-state index in [1.807, 2.05) is 30.3 Å². The zero-order valence-electron chi connectivity index (χ0n) is 14.0. The number of nitrogens with one attached hydrogen (secondary N) is 1. The highest BCUT2D eigenvalue weighted by Crippen LogP contribution is 2.21. The van der Waals surface area contributed by atoms with Gasteiger partial charge in [0.1, 0.15) is 17.6 Å². The highest BCUT2D eigenvalue weighted by atomic mass is 35.5. The molecule has 0 atom stereocenters. The Kier molecular flexibility index (Phi) is 5.62. The van der Waals surface area contributed by atoms with Gasteiger partial charge >= 0.3 is 0 Å². The van der Waals surface area contributed by atoms with Gasteiger partial charge in [0, 0.05) is 11.6 Å². The summed E-state index contributed by atoms with van der Waals surface area (Å²) in [4.78, 5) is 4.14. The van der Waals surface area contributed by atoms with Crippen molar-refractivity contribution in [3.63, 3.8) is 0 Å². The third-order valence-corrected chi connectivity index (χ3v) is 3.78. The zero-order chi connectivity index (χ0) is 18.4. The van der Waals surface area contributed by atoms with Gasteiger partial charge in [-0.25, -0.2) is 0 Å². The maximum atomic E-state index is 9.23. The lowest BCUT2D eigenvalue weighted by Crippen LogP contribution is -1.99. The first-order chi connectivity index (χ1) is 12.7. The molecule has 0 fully saturated rings. The average Bonchev–Trinajstić information content (AvgIpc) is 3.07. The van der Waals surface area contributed by atoms with Crippen LogP contribution >= 0.6 is 11.6 Å². The zero-order valence-corrected chi connectivity index (χ0v) is 14.8. The van der Waals surface area contributed by atoms with E-state index in [0.29, 0.717) is 29.1 Å². The summed E-state index contributed by atoms with van der Waals surface area (Å²) in [6.45, 7) is 0.585. The molecule has 1 aromatic heterocycles. The van der Waals surface area contributed by atoms with Crippen molar-refractivity contribution in [3.8, 4) is 17.6 Å². The number of ether oxygens (including phenoxy) is 2. The lowest BCUT2D eigenvalue weighted by molar-refractivity contribution is 0.265. The number of methoxy groups -OCH3 is 1. The van der Waals surface area contributed by atoms with Gasteiger partial charge in [-0.1, -0.05) is 29.8 Å². The molecule has 1 N–H and O–H groups in total. The number of anilines is 1. The van der Waals surface area contributed by atoms with Crippen molar-refractivity contribution in [2.24, 2.45) is 0 Å². The molecule has 7 heteroatoms. The molecule has 0 saturated carbocycles. The van der Waals surface area contributed by atoms with E-state index in [1.54, 1.807) is 31.4 Å². The van der Waals surface area contributed by atoms with Crippen molar-refractivity contribution in [3.05, 3.63) is 70.7 Å². The van der Waals surface area contributed by atoms with E-state index in [2.05, 4.69) is 10.3 Å². The molecule has 0 bridgehead atoms. The number of hydrogen-bond donors (Lipinski definition) is 1. The second-order valence-corrected chi connectivity index (χ2v) is 5.78. The summed E-state index contributed by atoms with van der Waals surface area (Å²) in [5.74, 6) is 2.00. The van der Waals surface area contributed by atoms with Gasteiger partial charge in [-0.15, -0.1) is 0 Å². The quantitative estimate of drug-likeness (QED) is 0.664. The number of nitrogens with zero attached hydrogens (tertiary/aromatic N) is 2. The Morgan fingerprint density at radius 2 is 2.00 bits per heavy atom. The molecule has 0 aliphatic rings. The normalized spacial score (nSPS) is 10.2. The third kappa shape index (κ3) is 4.47. The first-order valence-electron chi connectivity index (χ1n) is 7.83. The topological polar surface area (TPSA) is 80.3 Å². The summed E-state index contributed by atoms with van der Waals surface area (Å²) >= 11 is 5.92. The fourth-order valence-corrected chi connectivity index (χ4v) is 2.43. The van der Waals surface area contributed by atoms with Gasteiger partial charge in [-0.3, -0.25) is 0 Å². The summed E-state index contributed by atoms with van der Waals surface area (Å²) in [6, 6.07) is 16.6. The molecule has 3 rings (SSSR count). The molecule has 0 radical (unpaired) electrons. The molecule has 0 saturated heterocycles. The minimum atomic E-state index is 0.0965. The highest BCUT2D eigenvalue weighted by Gasteiger charge is 2.13. The fourth-order valence-electron chi connectivity index (χ4n) is 2.25. The summed E-state index contributed by atoms with van der Waals surface area (Å²) in [6.07, 6.45) is 0. The van der Waals surface area contributed by atoms with Crippen LogP contribution in [0, 0.1) is 11.3 Å². The monoisotopic (exact) mass is 369 g/mol. The predicted molar refractivity (Wildman–Crippen MR) is 97.3 cm³/mol. The molecule has 6 nitrogen and oxygen atoms in total. The van der Waals surface area contributed by atoms with Crippen molar-refractivity contribution >= 4 is 17.5 Å². The molecular weight excluding hydrogens is 354 g/mol. The van der Waals surface area contributed by atoms with Crippen molar-refractivity contribution < 1.29 is 13.9 Å². The number of hydrogen-bond acceptors (Lipinski definition) is 6. The van der Waals surface area contributed by atoms with Gasteiger partial charge in [-0.05, 0) is 35.9 Å². The molecule has 0 unspecified atom stereocenters. The van der Waals surface area contributed by atoms with E-state index in [0.717, 1.165) is 11.3 Å². The molecule has 1 heterocycles. The van der Waals surface area contributed by atoms with Gasteiger partial charge in [0.25, 0.3) is 0 Å². The second kappa shape index (κ2) is 8.28. The van der Waals surface area contributed by atoms with Crippen LogP contribution in [0.3, 0.4) is 0 Å². The van der Waals surface area contributed by atoms with Gasteiger partial charge in [0.15, 0.2) is 6.61 Å².